The largest absolute Gasteiger partial charge is 0.396 e. The summed E-state index contributed by atoms with van der Waals surface area (Å²) in [7, 11) is 0. The van der Waals surface area contributed by atoms with Crippen LogP contribution in [-0.2, 0) is 0 Å². The molecule has 19 heavy (non-hydrogen) atoms. The predicted octanol–water partition coefficient (Wildman–Crippen LogP) is 3.55. The maximum absolute atomic E-state index is 8.89. The van der Waals surface area contributed by atoms with Crippen molar-refractivity contribution < 1.29 is 0 Å². The van der Waals surface area contributed by atoms with Gasteiger partial charge in [-0.25, -0.2) is 4.98 Å². The van der Waals surface area contributed by atoms with E-state index < -0.39 is 0 Å². The molecular weight excluding hydrogens is 236 g/mol. The summed E-state index contributed by atoms with van der Waals surface area (Å²) in [5, 5.41) is 12.2. The van der Waals surface area contributed by atoms with Gasteiger partial charge in [-0.15, -0.1) is 0 Å². The molecule has 0 unspecified atom stereocenters. The van der Waals surface area contributed by atoms with E-state index >= 15 is 0 Å². The van der Waals surface area contributed by atoms with Crippen molar-refractivity contribution in [3.05, 3.63) is 17.8 Å². The number of pyridine rings is 1. The van der Waals surface area contributed by atoms with Crippen LogP contribution in [0.15, 0.2) is 12.1 Å². The summed E-state index contributed by atoms with van der Waals surface area (Å²) >= 11 is 0. The maximum atomic E-state index is 8.89. The van der Waals surface area contributed by atoms with Crippen LogP contribution < -0.4 is 11.1 Å². The number of rotatable bonds is 7. The summed E-state index contributed by atoms with van der Waals surface area (Å²) in [5.41, 5.74) is 6.59. The van der Waals surface area contributed by atoms with Crippen molar-refractivity contribution >= 4 is 11.5 Å². The van der Waals surface area contributed by atoms with Gasteiger partial charge in [0.15, 0.2) is 5.69 Å². The number of nitriles is 1. The van der Waals surface area contributed by atoms with E-state index in [0.717, 1.165) is 6.54 Å². The van der Waals surface area contributed by atoms with Crippen molar-refractivity contribution in [1.29, 1.82) is 5.26 Å². The average Bonchev–Trinajstić information content (AvgIpc) is 2.38. The van der Waals surface area contributed by atoms with Gasteiger partial charge in [-0.2, -0.15) is 5.26 Å². The number of nitrogen functional groups attached to an aromatic ring is 1. The lowest BCUT2D eigenvalue weighted by atomic mass is 9.87. The molecule has 104 valence electrons. The lowest BCUT2D eigenvalue weighted by Gasteiger charge is -2.25. The van der Waals surface area contributed by atoms with Gasteiger partial charge in [-0.1, -0.05) is 40.0 Å². The van der Waals surface area contributed by atoms with E-state index in [0.29, 0.717) is 11.5 Å². The van der Waals surface area contributed by atoms with Crippen LogP contribution in [0.2, 0.25) is 0 Å². The molecule has 4 nitrogen and oxygen atoms in total. The number of anilines is 2. The van der Waals surface area contributed by atoms with E-state index in [1.54, 1.807) is 6.07 Å². The lowest BCUT2D eigenvalue weighted by Crippen LogP contribution is -2.23. The first-order chi connectivity index (χ1) is 8.98. The van der Waals surface area contributed by atoms with Crippen molar-refractivity contribution in [1.82, 2.24) is 4.98 Å². The van der Waals surface area contributed by atoms with Gasteiger partial charge in [0.05, 0.1) is 5.69 Å². The zero-order valence-corrected chi connectivity index (χ0v) is 12.2. The fourth-order valence-electron chi connectivity index (χ4n) is 1.93. The number of nitrogens with zero attached hydrogens (tertiary/aromatic N) is 2. The second-order valence-corrected chi connectivity index (χ2v) is 5.72. The normalized spacial score (nSPS) is 11.1. The standard InChI is InChI=1S/C15H24N4/c1-4-5-6-9-15(2,3)11-18-14-8-7-12(17)13(10-16)19-14/h7-8H,4-6,9,11,17H2,1-3H3,(H,18,19). The number of unbranched alkanes of at least 4 members (excludes halogenated alkanes) is 2. The SMILES string of the molecule is CCCCCC(C)(C)CNc1ccc(N)c(C#N)n1. The highest BCUT2D eigenvalue weighted by atomic mass is 15.0. The summed E-state index contributed by atoms with van der Waals surface area (Å²) in [6.07, 6.45) is 4.97. The third-order valence-corrected chi connectivity index (χ3v) is 3.24. The molecule has 0 radical (unpaired) electrons. The Hall–Kier alpha value is -1.76. The molecule has 1 aromatic rings. The minimum absolute atomic E-state index is 0.227. The Morgan fingerprint density at radius 3 is 2.74 bits per heavy atom. The van der Waals surface area contributed by atoms with Crippen molar-refractivity contribution in [2.75, 3.05) is 17.6 Å². The van der Waals surface area contributed by atoms with Crippen LogP contribution in [0.4, 0.5) is 11.5 Å². The predicted molar refractivity (Wildman–Crippen MR) is 79.8 cm³/mol. The smallest absolute Gasteiger partial charge is 0.165 e. The fraction of sp³-hybridized carbons (Fsp3) is 0.600. The Morgan fingerprint density at radius 2 is 2.11 bits per heavy atom. The van der Waals surface area contributed by atoms with Crippen molar-refractivity contribution in [3.8, 4) is 6.07 Å². The molecule has 0 aromatic carbocycles. The van der Waals surface area contributed by atoms with Gasteiger partial charge in [0.2, 0.25) is 0 Å². The summed E-state index contributed by atoms with van der Waals surface area (Å²) in [6.45, 7) is 7.56. The molecule has 0 saturated heterocycles. The van der Waals surface area contributed by atoms with Crippen LogP contribution in [0.25, 0.3) is 0 Å². The molecule has 0 aliphatic heterocycles. The van der Waals surface area contributed by atoms with E-state index in [1.165, 1.54) is 25.7 Å². The third kappa shape index (κ3) is 5.17. The van der Waals surface area contributed by atoms with Crippen molar-refractivity contribution in [3.63, 3.8) is 0 Å². The van der Waals surface area contributed by atoms with E-state index in [9.17, 15) is 0 Å². The Bertz CT molecular complexity index is 446. The highest BCUT2D eigenvalue weighted by Crippen LogP contribution is 2.24. The summed E-state index contributed by atoms with van der Waals surface area (Å²) in [5.74, 6) is 0.717. The summed E-state index contributed by atoms with van der Waals surface area (Å²) in [6, 6.07) is 5.54. The van der Waals surface area contributed by atoms with Crippen LogP contribution in [0.1, 0.15) is 52.1 Å². The molecule has 0 bridgehead atoms. The second-order valence-electron chi connectivity index (χ2n) is 5.72. The summed E-state index contributed by atoms with van der Waals surface area (Å²) < 4.78 is 0. The number of aromatic nitrogens is 1. The number of nitrogens with one attached hydrogen (secondary N) is 1. The molecule has 1 heterocycles. The Labute approximate surface area is 116 Å². The van der Waals surface area contributed by atoms with E-state index in [-0.39, 0.29) is 11.1 Å². The molecule has 0 aliphatic rings. The zero-order chi connectivity index (χ0) is 14.3. The molecule has 4 heteroatoms. The Kier molecular flexibility index (Phi) is 5.62. The van der Waals surface area contributed by atoms with Gasteiger partial charge in [-0.3, -0.25) is 0 Å². The molecule has 0 atom stereocenters. The first kappa shape index (κ1) is 15.3. The molecule has 0 aliphatic carbocycles. The molecule has 3 N–H and O–H groups in total. The third-order valence-electron chi connectivity index (χ3n) is 3.24. The van der Waals surface area contributed by atoms with Gasteiger partial charge in [-0.05, 0) is 24.0 Å². The van der Waals surface area contributed by atoms with Crippen LogP contribution in [0, 0.1) is 16.7 Å². The molecule has 0 fully saturated rings. The number of nitrogens with two attached hydrogens (primary N) is 1. The monoisotopic (exact) mass is 260 g/mol. The van der Waals surface area contributed by atoms with Crippen LogP contribution in [-0.4, -0.2) is 11.5 Å². The van der Waals surface area contributed by atoms with Gasteiger partial charge in [0.25, 0.3) is 0 Å². The van der Waals surface area contributed by atoms with Gasteiger partial charge < -0.3 is 11.1 Å². The molecule has 0 spiro atoms. The van der Waals surface area contributed by atoms with E-state index in [2.05, 4.69) is 31.1 Å². The molecule has 1 rings (SSSR count). The first-order valence-electron chi connectivity index (χ1n) is 6.89. The van der Waals surface area contributed by atoms with Crippen molar-refractivity contribution in [2.45, 2.75) is 46.5 Å². The highest BCUT2D eigenvalue weighted by molar-refractivity contribution is 5.54. The Morgan fingerprint density at radius 1 is 1.37 bits per heavy atom. The zero-order valence-electron chi connectivity index (χ0n) is 12.2. The van der Waals surface area contributed by atoms with Crippen LogP contribution in [0.3, 0.4) is 0 Å². The quantitative estimate of drug-likeness (QED) is 0.735. The van der Waals surface area contributed by atoms with E-state index in [4.69, 9.17) is 11.0 Å². The van der Waals surface area contributed by atoms with Crippen molar-refractivity contribution in [2.24, 2.45) is 5.41 Å². The van der Waals surface area contributed by atoms with Gasteiger partial charge in [0, 0.05) is 6.54 Å². The lowest BCUT2D eigenvalue weighted by molar-refractivity contribution is 0.342. The molecule has 0 amide bonds. The average molecular weight is 260 g/mol. The topological polar surface area (TPSA) is 74.7 Å². The van der Waals surface area contributed by atoms with Crippen LogP contribution in [0.5, 0.6) is 0 Å². The fourth-order valence-corrected chi connectivity index (χ4v) is 1.93. The Balaban J connectivity index is 2.54. The molecule has 1 aromatic heterocycles. The summed E-state index contributed by atoms with van der Waals surface area (Å²) in [4.78, 5) is 4.19. The molecule has 0 saturated carbocycles. The number of hydrogen-bond acceptors (Lipinski definition) is 4. The van der Waals surface area contributed by atoms with Crippen LogP contribution >= 0.6 is 0 Å². The van der Waals surface area contributed by atoms with Gasteiger partial charge >= 0.3 is 0 Å². The molecular formula is C15H24N4. The van der Waals surface area contributed by atoms with Gasteiger partial charge in [0.1, 0.15) is 11.9 Å². The maximum Gasteiger partial charge on any atom is 0.165 e. The van der Waals surface area contributed by atoms with E-state index in [1.807, 2.05) is 12.1 Å². The highest BCUT2D eigenvalue weighted by Gasteiger charge is 2.17. The minimum atomic E-state index is 0.227. The second kappa shape index (κ2) is 6.98. The minimum Gasteiger partial charge on any atom is -0.396 e. The first-order valence-corrected chi connectivity index (χ1v) is 6.89. The number of hydrogen-bond donors (Lipinski definition) is 2.